The van der Waals surface area contributed by atoms with Gasteiger partial charge in [-0.15, -0.1) is 0 Å². The number of hydrogen-bond acceptors (Lipinski definition) is 3. The Bertz CT molecular complexity index is 649. The van der Waals surface area contributed by atoms with Crippen LogP contribution in [0.4, 0.5) is 10.1 Å². The lowest BCUT2D eigenvalue weighted by Gasteiger charge is -2.23. The first kappa shape index (κ1) is 15.9. The summed E-state index contributed by atoms with van der Waals surface area (Å²) >= 11 is 0. The Morgan fingerprint density at radius 2 is 2.17 bits per heavy atom. The molecule has 124 valence electrons. The van der Waals surface area contributed by atoms with E-state index in [1.54, 1.807) is 15.9 Å². The average molecular weight is 319 g/mol. The first-order valence-corrected chi connectivity index (χ1v) is 8.03. The molecule has 5 nitrogen and oxygen atoms in total. The molecule has 1 aromatic carbocycles. The summed E-state index contributed by atoms with van der Waals surface area (Å²) in [6.45, 7) is 4.28. The number of nitrogens with zero attached hydrogens (tertiary/aromatic N) is 2. The van der Waals surface area contributed by atoms with Gasteiger partial charge < -0.3 is 15.5 Å². The van der Waals surface area contributed by atoms with Gasteiger partial charge in [0.1, 0.15) is 5.82 Å². The molecule has 0 aliphatic carbocycles. The fraction of sp³-hybridized carbons (Fsp3) is 0.529. The molecule has 2 saturated heterocycles. The summed E-state index contributed by atoms with van der Waals surface area (Å²) in [6, 6.07) is 4.33. The van der Waals surface area contributed by atoms with Crippen LogP contribution in [0.2, 0.25) is 0 Å². The summed E-state index contributed by atoms with van der Waals surface area (Å²) in [5.41, 5.74) is 6.29. The Morgan fingerprint density at radius 1 is 1.39 bits per heavy atom. The van der Waals surface area contributed by atoms with Gasteiger partial charge in [-0.2, -0.15) is 0 Å². The summed E-state index contributed by atoms with van der Waals surface area (Å²) in [4.78, 5) is 27.8. The Kier molecular flexibility index (Phi) is 4.10. The zero-order valence-corrected chi connectivity index (χ0v) is 13.3. The van der Waals surface area contributed by atoms with Crippen molar-refractivity contribution in [2.24, 2.45) is 11.1 Å². The van der Waals surface area contributed by atoms with Gasteiger partial charge in [0.05, 0.1) is 5.56 Å². The largest absolute Gasteiger partial charge is 0.338 e. The number of amides is 2. The van der Waals surface area contributed by atoms with Gasteiger partial charge in [-0.3, -0.25) is 9.59 Å². The number of anilines is 1. The van der Waals surface area contributed by atoms with Crippen LogP contribution in [0, 0.1) is 11.2 Å². The summed E-state index contributed by atoms with van der Waals surface area (Å²) in [5.74, 6) is -0.855. The van der Waals surface area contributed by atoms with Crippen molar-refractivity contribution in [3.05, 3.63) is 29.6 Å². The second-order valence-electron chi connectivity index (χ2n) is 6.80. The third-order valence-electron chi connectivity index (χ3n) is 4.90. The van der Waals surface area contributed by atoms with Crippen LogP contribution < -0.4 is 10.6 Å². The summed E-state index contributed by atoms with van der Waals surface area (Å²) in [6.07, 6.45) is 2.11. The zero-order valence-electron chi connectivity index (χ0n) is 13.3. The third kappa shape index (κ3) is 2.95. The highest BCUT2D eigenvalue weighted by atomic mass is 19.1. The minimum atomic E-state index is -0.549. The maximum absolute atomic E-state index is 14.2. The van der Waals surface area contributed by atoms with Crippen molar-refractivity contribution >= 4 is 17.5 Å². The Labute approximate surface area is 135 Å². The molecule has 0 spiro atoms. The minimum Gasteiger partial charge on any atom is -0.338 e. The van der Waals surface area contributed by atoms with Crippen molar-refractivity contribution in [2.75, 3.05) is 31.1 Å². The highest BCUT2D eigenvalue weighted by Crippen LogP contribution is 2.31. The number of hydrogen-bond donors (Lipinski definition) is 1. The molecule has 1 unspecified atom stereocenters. The van der Waals surface area contributed by atoms with Crippen molar-refractivity contribution in [1.82, 2.24) is 4.90 Å². The zero-order chi connectivity index (χ0) is 16.6. The number of likely N-dealkylation sites (tertiary alicyclic amines) is 1. The summed E-state index contributed by atoms with van der Waals surface area (Å²) < 4.78 is 14.2. The fourth-order valence-electron chi connectivity index (χ4n) is 3.30. The van der Waals surface area contributed by atoms with Gasteiger partial charge in [0.2, 0.25) is 5.91 Å². The first-order valence-electron chi connectivity index (χ1n) is 8.03. The number of rotatable bonds is 3. The van der Waals surface area contributed by atoms with E-state index in [0.29, 0.717) is 38.3 Å². The molecule has 23 heavy (non-hydrogen) atoms. The molecule has 2 fully saturated rings. The van der Waals surface area contributed by atoms with Crippen LogP contribution in [0.3, 0.4) is 0 Å². The van der Waals surface area contributed by atoms with Gasteiger partial charge in [-0.25, -0.2) is 4.39 Å². The second kappa shape index (κ2) is 5.92. The standard InChI is InChI=1S/C17H22FN3O2/c1-17(10-19)6-8-20(11-17)16(23)13-9-12(4-5-14(13)18)21-7-2-3-15(21)22/h4-5,9H,2-3,6-8,10-11,19H2,1H3. The van der Waals surface area contributed by atoms with Crippen molar-refractivity contribution in [1.29, 1.82) is 0 Å². The number of carbonyl (C=O) groups excluding carboxylic acids is 2. The first-order chi connectivity index (χ1) is 10.9. The van der Waals surface area contributed by atoms with Crippen LogP contribution in [0.5, 0.6) is 0 Å². The van der Waals surface area contributed by atoms with Gasteiger partial charge in [-0.05, 0) is 43.0 Å². The quantitative estimate of drug-likeness (QED) is 0.923. The molecular formula is C17H22FN3O2. The smallest absolute Gasteiger partial charge is 0.256 e. The van der Waals surface area contributed by atoms with Gasteiger partial charge in [0.15, 0.2) is 0 Å². The molecule has 6 heteroatoms. The number of carbonyl (C=O) groups is 2. The normalized spacial score (nSPS) is 24.6. The number of benzene rings is 1. The van der Waals surface area contributed by atoms with E-state index in [-0.39, 0.29) is 22.8 Å². The third-order valence-corrected chi connectivity index (χ3v) is 4.90. The molecule has 0 bridgehead atoms. The lowest BCUT2D eigenvalue weighted by atomic mass is 9.90. The van der Waals surface area contributed by atoms with Crippen LogP contribution in [-0.2, 0) is 4.79 Å². The Balaban J connectivity index is 1.84. The van der Waals surface area contributed by atoms with E-state index >= 15 is 0 Å². The van der Waals surface area contributed by atoms with Crippen LogP contribution in [0.1, 0.15) is 36.5 Å². The highest BCUT2D eigenvalue weighted by Gasteiger charge is 2.36. The molecule has 1 aromatic rings. The molecule has 2 amide bonds. The molecule has 2 N–H and O–H groups in total. The maximum atomic E-state index is 14.2. The van der Waals surface area contributed by atoms with E-state index in [0.717, 1.165) is 12.8 Å². The molecular weight excluding hydrogens is 297 g/mol. The fourth-order valence-corrected chi connectivity index (χ4v) is 3.30. The molecule has 0 radical (unpaired) electrons. The highest BCUT2D eigenvalue weighted by molar-refractivity contribution is 5.99. The van der Waals surface area contributed by atoms with Crippen LogP contribution in [0.15, 0.2) is 18.2 Å². The van der Waals surface area contributed by atoms with E-state index in [2.05, 4.69) is 0 Å². The lowest BCUT2D eigenvalue weighted by Crippen LogP contribution is -2.35. The van der Waals surface area contributed by atoms with Crippen molar-refractivity contribution < 1.29 is 14.0 Å². The van der Waals surface area contributed by atoms with Gasteiger partial charge in [-0.1, -0.05) is 6.92 Å². The Morgan fingerprint density at radius 3 is 2.78 bits per heavy atom. The molecule has 3 rings (SSSR count). The van der Waals surface area contributed by atoms with E-state index in [4.69, 9.17) is 5.73 Å². The topological polar surface area (TPSA) is 66.6 Å². The number of nitrogens with two attached hydrogens (primary N) is 1. The van der Waals surface area contributed by atoms with E-state index in [1.807, 2.05) is 6.92 Å². The van der Waals surface area contributed by atoms with Crippen molar-refractivity contribution in [3.8, 4) is 0 Å². The summed E-state index contributed by atoms with van der Waals surface area (Å²) in [7, 11) is 0. The van der Waals surface area contributed by atoms with Gasteiger partial charge >= 0.3 is 0 Å². The second-order valence-corrected chi connectivity index (χ2v) is 6.80. The van der Waals surface area contributed by atoms with Crippen LogP contribution in [-0.4, -0.2) is 42.9 Å². The van der Waals surface area contributed by atoms with Crippen LogP contribution >= 0.6 is 0 Å². The van der Waals surface area contributed by atoms with Crippen molar-refractivity contribution in [2.45, 2.75) is 26.2 Å². The SMILES string of the molecule is CC1(CN)CCN(C(=O)c2cc(N3CCCC3=O)ccc2F)C1. The predicted octanol–water partition coefficient (Wildman–Crippen LogP) is 1.76. The van der Waals surface area contributed by atoms with Gasteiger partial charge in [0, 0.05) is 31.7 Å². The maximum Gasteiger partial charge on any atom is 0.256 e. The molecule has 0 saturated carbocycles. The van der Waals surface area contributed by atoms with E-state index < -0.39 is 5.82 Å². The molecule has 2 aliphatic rings. The minimum absolute atomic E-state index is 0.0203. The predicted molar refractivity (Wildman–Crippen MR) is 85.7 cm³/mol. The van der Waals surface area contributed by atoms with Gasteiger partial charge in [0.25, 0.3) is 5.91 Å². The van der Waals surface area contributed by atoms with Crippen LogP contribution in [0.25, 0.3) is 0 Å². The monoisotopic (exact) mass is 319 g/mol. The number of halogens is 1. The molecule has 1 atom stereocenters. The molecule has 2 aliphatic heterocycles. The van der Waals surface area contributed by atoms with Crippen molar-refractivity contribution in [3.63, 3.8) is 0 Å². The molecule has 2 heterocycles. The summed E-state index contributed by atoms with van der Waals surface area (Å²) in [5, 5.41) is 0. The lowest BCUT2D eigenvalue weighted by molar-refractivity contribution is -0.117. The average Bonchev–Trinajstić information content (AvgIpc) is 3.14. The van der Waals surface area contributed by atoms with E-state index in [1.165, 1.54) is 12.1 Å². The molecule has 0 aromatic heterocycles. The van der Waals surface area contributed by atoms with E-state index in [9.17, 15) is 14.0 Å². The Hall–Kier alpha value is -1.95.